The molecule has 4 aromatic rings. The van der Waals surface area contributed by atoms with Crippen molar-refractivity contribution in [1.29, 1.82) is 0 Å². The van der Waals surface area contributed by atoms with Gasteiger partial charge in [0, 0.05) is 28.6 Å². The fourth-order valence-electron chi connectivity index (χ4n) is 5.21. The van der Waals surface area contributed by atoms with Gasteiger partial charge >= 0.3 is 5.97 Å². The number of benzene rings is 4. The van der Waals surface area contributed by atoms with Crippen LogP contribution < -0.4 is 0 Å². The van der Waals surface area contributed by atoms with E-state index in [1.165, 1.54) is 0 Å². The standard InChI is InChI=1S/C34H33N3O4.Ni/c38-32(26-17-8-3-9-18-26)31(34(40)41)36-30(25-15-6-2-7-16-25)27-19-10-11-20-28(27)35-33(39)29-21-12-22-37(29)23-24-13-4-1-5-14-24;/h1-11,13-20,29,31-32,38H,12,21-23H2,(H2,35,36,39,40,41);/p-1/t29-,31-,32-;/m0./s1. The molecule has 42 heavy (non-hydrogen) atoms. The minimum Gasteiger partial charge on any atom is -0.625 e. The predicted molar refractivity (Wildman–Crippen MR) is 159 cm³/mol. The van der Waals surface area contributed by atoms with Crippen LogP contribution in [-0.4, -0.2) is 51.3 Å². The molecule has 3 atom stereocenters. The Kier molecular flexibility index (Phi) is 10.8. The van der Waals surface area contributed by atoms with Crippen molar-refractivity contribution in [2.24, 2.45) is 4.99 Å². The molecule has 1 aliphatic rings. The van der Waals surface area contributed by atoms with E-state index in [1.54, 1.807) is 54.6 Å². The molecule has 0 radical (unpaired) electrons. The molecule has 0 aromatic heterocycles. The molecule has 218 valence electrons. The summed E-state index contributed by atoms with van der Waals surface area (Å²) >= 11 is 0. The van der Waals surface area contributed by atoms with Crippen molar-refractivity contribution in [2.75, 3.05) is 6.54 Å². The van der Waals surface area contributed by atoms with Gasteiger partial charge in [0.2, 0.25) is 0 Å². The van der Waals surface area contributed by atoms with Gasteiger partial charge in [0.1, 0.15) is 6.10 Å². The average Bonchev–Trinajstić information content (AvgIpc) is 3.47. The van der Waals surface area contributed by atoms with E-state index in [9.17, 15) is 19.8 Å². The van der Waals surface area contributed by atoms with Crippen LogP contribution in [0.3, 0.4) is 0 Å². The molecule has 0 aliphatic carbocycles. The Morgan fingerprint density at radius 3 is 2.12 bits per heavy atom. The van der Waals surface area contributed by atoms with Gasteiger partial charge in [-0.3, -0.25) is 9.89 Å². The molecule has 8 heteroatoms. The molecule has 0 spiro atoms. The maximum absolute atomic E-state index is 13.6. The van der Waals surface area contributed by atoms with Crippen molar-refractivity contribution in [2.45, 2.75) is 37.6 Å². The van der Waals surface area contributed by atoms with E-state index in [1.807, 2.05) is 48.5 Å². The van der Waals surface area contributed by atoms with Crippen LogP contribution in [0.2, 0.25) is 0 Å². The van der Waals surface area contributed by atoms with E-state index in [0.717, 1.165) is 24.9 Å². The van der Waals surface area contributed by atoms with Crippen LogP contribution in [-0.2, 0) is 32.6 Å². The molecule has 1 saturated heterocycles. The smallest absolute Gasteiger partial charge is 0.331 e. The number of carboxylic acids is 1. The summed E-state index contributed by atoms with van der Waals surface area (Å²) in [6.45, 7) is 1.49. The molecule has 5 rings (SSSR count). The first kappa shape index (κ1) is 30.9. The fraction of sp³-hybridized carbons (Fsp3) is 0.206. The number of para-hydroxylation sites is 1. The number of hydrogen-bond donors (Lipinski definition) is 2. The third-order valence-corrected chi connectivity index (χ3v) is 7.28. The van der Waals surface area contributed by atoms with Gasteiger partial charge in [-0.05, 0) is 36.1 Å². The Balaban J connectivity index is 0.00000405. The number of likely N-dealkylation sites (tertiary alicyclic amines) is 1. The SMILES string of the molecule is O=C(O)[C@@H](N=C(c1ccccc1)c1ccccc1[N-]C(=O)[C@@H]1CCCN1Cc1ccccc1)[C@@H](O)c1ccccc1.[Ni]. The minimum absolute atomic E-state index is 0. The normalized spacial score (nSPS) is 16.7. The van der Waals surface area contributed by atoms with E-state index in [4.69, 9.17) is 0 Å². The van der Waals surface area contributed by atoms with Gasteiger partial charge in [0.05, 0.1) is 17.7 Å². The average molecular weight is 605 g/mol. The Morgan fingerprint density at radius 1 is 0.857 bits per heavy atom. The zero-order chi connectivity index (χ0) is 28.6. The van der Waals surface area contributed by atoms with Crippen LogP contribution in [0.5, 0.6) is 0 Å². The number of carbonyl (C=O) groups excluding carboxylic acids is 1. The summed E-state index contributed by atoms with van der Waals surface area (Å²) in [7, 11) is 0. The summed E-state index contributed by atoms with van der Waals surface area (Å²) in [5.74, 6) is -1.50. The zero-order valence-corrected chi connectivity index (χ0v) is 23.9. The summed E-state index contributed by atoms with van der Waals surface area (Å²) in [5.41, 5.74) is 3.51. The molecule has 1 amide bonds. The topological polar surface area (TPSA) is 104 Å². The van der Waals surface area contributed by atoms with Crippen molar-refractivity contribution in [3.8, 4) is 0 Å². The molecular formula is C34H32N3NiO4-. The molecule has 0 saturated carbocycles. The van der Waals surface area contributed by atoms with E-state index < -0.39 is 18.1 Å². The van der Waals surface area contributed by atoms with Crippen LogP contribution in [0, 0.1) is 0 Å². The van der Waals surface area contributed by atoms with Crippen molar-refractivity contribution in [3.63, 3.8) is 0 Å². The van der Waals surface area contributed by atoms with Gasteiger partial charge in [-0.15, -0.1) is 5.69 Å². The van der Waals surface area contributed by atoms with E-state index in [0.29, 0.717) is 34.6 Å². The molecule has 1 aliphatic heterocycles. The maximum atomic E-state index is 13.6. The molecule has 2 N–H and O–H groups in total. The number of aliphatic carboxylic acids is 1. The molecule has 1 fully saturated rings. The number of nitrogens with zero attached hydrogens (tertiary/aromatic N) is 3. The van der Waals surface area contributed by atoms with Crippen LogP contribution in [0.4, 0.5) is 5.69 Å². The Labute approximate surface area is 255 Å². The summed E-state index contributed by atoms with van der Waals surface area (Å²) in [4.78, 5) is 32.7. The van der Waals surface area contributed by atoms with Crippen LogP contribution >= 0.6 is 0 Å². The molecular weight excluding hydrogens is 573 g/mol. The minimum atomic E-state index is -1.48. The number of rotatable bonds is 10. The second-order valence-electron chi connectivity index (χ2n) is 10.1. The van der Waals surface area contributed by atoms with Crippen LogP contribution in [0.15, 0.2) is 120 Å². The molecule has 0 bridgehead atoms. The number of aliphatic imine (C=N–C) groups is 1. The fourth-order valence-corrected chi connectivity index (χ4v) is 5.21. The first-order chi connectivity index (χ1) is 20.0. The van der Waals surface area contributed by atoms with Crippen LogP contribution in [0.25, 0.3) is 5.32 Å². The van der Waals surface area contributed by atoms with Crippen molar-refractivity contribution in [3.05, 3.63) is 143 Å². The molecule has 1 heterocycles. The second kappa shape index (κ2) is 14.7. The Morgan fingerprint density at radius 2 is 1.45 bits per heavy atom. The molecule has 4 aromatic carbocycles. The summed E-state index contributed by atoms with van der Waals surface area (Å²) in [6, 6.07) is 33.1. The third-order valence-electron chi connectivity index (χ3n) is 7.28. The van der Waals surface area contributed by atoms with Gasteiger partial charge in [-0.1, -0.05) is 115 Å². The first-order valence-corrected chi connectivity index (χ1v) is 13.7. The largest absolute Gasteiger partial charge is 0.625 e. The van der Waals surface area contributed by atoms with Crippen molar-refractivity contribution in [1.82, 2.24) is 4.90 Å². The second-order valence-corrected chi connectivity index (χ2v) is 10.1. The molecule has 7 nitrogen and oxygen atoms in total. The Bertz CT molecular complexity index is 1500. The van der Waals surface area contributed by atoms with Crippen molar-refractivity contribution >= 4 is 23.3 Å². The van der Waals surface area contributed by atoms with E-state index in [2.05, 4.69) is 27.3 Å². The summed E-state index contributed by atoms with van der Waals surface area (Å²) in [5, 5.41) is 25.7. The van der Waals surface area contributed by atoms with Gasteiger partial charge < -0.3 is 20.3 Å². The molecule has 0 unspecified atom stereocenters. The number of amides is 1. The Hall–Kier alpha value is -4.10. The zero-order valence-electron chi connectivity index (χ0n) is 22.9. The maximum Gasteiger partial charge on any atom is 0.331 e. The number of aliphatic hydroxyl groups is 1. The quantitative estimate of drug-likeness (QED) is 0.173. The summed E-state index contributed by atoms with van der Waals surface area (Å²) < 4.78 is 0. The van der Waals surface area contributed by atoms with Gasteiger partial charge in [-0.25, -0.2) is 4.79 Å². The predicted octanol–water partition coefficient (Wildman–Crippen LogP) is 5.90. The van der Waals surface area contributed by atoms with E-state index >= 15 is 0 Å². The first-order valence-electron chi connectivity index (χ1n) is 13.7. The monoisotopic (exact) mass is 604 g/mol. The number of aliphatic hydroxyl groups excluding tert-OH is 1. The van der Waals surface area contributed by atoms with E-state index in [-0.39, 0.29) is 28.4 Å². The number of carboxylic acid groups (broad SMARTS) is 1. The van der Waals surface area contributed by atoms with Crippen molar-refractivity contribution < 1.29 is 36.3 Å². The number of carbonyl (C=O) groups is 2. The van der Waals surface area contributed by atoms with Gasteiger partial charge in [-0.2, -0.15) is 0 Å². The van der Waals surface area contributed by atoms with Crippen LogP contribution in [0.1, 0.15) is 41.2 Å². The number of hydrogen-bond acceptors (Lipinski definition) is 5. The van der Waals surface area contributed by atoms with Gasteiger partial charge in [0.25, 0.3) is 0 Å². The third kappa shape index (κ3) is 7.40. The summed E-state index contributed by atoms with van der Waals surface area (Å²) in [6.07, 6.45) is 0.263. The van der Waals surface area contributed by atoms with Gasteiger partial charge in [0.15, 0.2) is 6.04 Å².